The lowest BCUT2D eigenvalue weighted by Gasteiger charge is -2.23. The molecule has 1 aromatic carbocycles. The maximum atomic E-state index is 9.60. The highest BCUT2D eigenvalue weighted by atomic mass is 16.5. The molecule has 5 heteroatoms. The number of rotatable bonds is 2. The van der Waals surface area contributed by atoms with E-state index >= 15 is 0 Å². The second-order valence-corrected chi connectivity index (χ2v) is 5.05. The Balaban J connectivity index is 1.99. The quantitative estimate of drug-likeness (QED) is 0.903. The van der Waals surface area contributed by atoms with Crippen LogP contribution < -0.4 is 9.64 Å². The van der Waals surface area contributed by atoms with Gasteiger partial charge in [0.05, 0.1) is 18.8 Å². The number of benzene rings is 1. The van der Waals surface area contributed by atoms with E-state index in [1.54, 1.807) is 0 Å². The fraction of sp³-hybridized carbons (Fsp3) is 0.400. The van der Waals surface area contributed by atoms with Crippen molar-refractivity contribution >= 4 is 5.82 Å². The first-order chi connectivity index (χ1) is 9.70. The number of nitrogens with zero attached hydrogens (tertiary/aromatic N) is 3. The van der Waals surface area contributed by atoms with E-state index < -0.39 is 0 Å². The maximum Gasteiger partial charge on any atom is 0.132 e. The molecule has 1 N–H and O–H groups in total. The van der Waals surface area contributed by atoms with Gasteiger partial charge in [0.15, 0.2) is 0 Å². The third-order valence-electron chi connectivity index (χ3n) is 3.72. The summed E-state index contributed by atoms with van der Waals surface area (Å²) in [4.78, 5) is 2.22. The zero-order valence-electron chi connectivity index (χ0n) is 11.8. The van der Waals surface area contributed by atoms with Crippen molar-refractivity contribution in [3.8, 4) is 5.75 Å². The molecule has 0 saturated heterocycles. The van der Waals surface area contributed by atoms with Crippen LogP contribution in [-0.2, 0) is 20.2 Å². The summed E-state index contributed by atoms with van der Waals surface area (Å²) in [5.41, 5.74) is 2.93. The molecule has 0 radical (unpaired) electrons. The Morgan fingerprint density at radius 2 is 2.15 bits per heavy atom. The fourth-order valence-corrected chi connectivity index (χ4v) is 2.78. The number of hydrogen-bond donors (Lipinski definition) is 1. The number of aromatic nitrogens is 2. The first-order valence-electron chi connectivity index (χ1n) is 6.79. The molecule has 2 aromatic rings. The van der Waals surface area contributed by atoms with Gasteiger partial charge in [-0.2, -0.15) is 5.10 Å². The Hall–Kier alpha value is -2.01. The first-order valence-corrected chi connectivity index (χ1v) is 6.79. The van der Waals surface area contributed by atoms with Gasteiger partial charge in [-0.3, -0.25) is 4.68 Å². The fourth-order valence-electron chi connectivity index (χ4n) is 2.78. The molecule has 1 aromatic heterocycles. The smallest absolute Gasteiger partial charge is 0.132 e. The van der Waals surface area contributed by atoms with Crippen molar-refractivity contribution < 1.29 is 9.84 Å². The average molecular weight is 273 g/mol. The highest BCUT2D eigenvalue weighted by molar-refractivity contribution is 5.52. The second-order valence-electron chi connectivity index (χ2n) is 5.05. The Labute approximate surface area is 118 Å². The van der Waals surface area contributed by atoms with Crippen molar-refractivity contribution in [3.05, 3.63) is 41.1 Å². The van der Waals surface area contributed by atoms with Gasteiger partial charge in [-0.15, -0.1) is 0 Å². The van der Waals surface area contributed by atoms with Gasteiger partial charge in [0.2, 0.25) is 0 Å². The number of ether oxygens (including phenoxy) is 1. The van der Waals surface area contributed by atoms with Crippen molar-refractivity contribution in [3.63, 3.8) is 0 Å². The summed E-state index contributed by atoms with van der Waals surface area (Å²) in [5, 5.41) is 14.0. The average Bonchev–Trinajstić information content (AvgIpc) is 2.62. The molecule has 0 bridgehead atoms. The van der Waals surface area contributed by atoms with E-state index in [-0.39, 0.29) is 6.61 Å². The van der Waals surface area contributed by atoms with E-state index in [9.17, 15) is 5.11 Å². The molecular formula is C15H19N3O2. The number of fused-ring (bicyclic) bond motifs is 1. The lowest BCUT2D eigenvalue weighted by atomic mass is 10.2. The lowest BCUT2D eigenvalue weighted by Crippen LogP contribution is -2.28. The predicted molar refractivity (Wildman–Crippen MR) is 76.9 cm³/mol. The van der Waals surface area contributed by atoms with Gasteiger partial charge in [0.25, 0.3) is 0 Å². The first kappa shape index (κ1) is 13.0. The van der Waals surface area contributed by atoms with Crippen LogP contribution in [0.1, 0.15) is 16.8 Å². The molecule has 0 unspecified atom stereocenters. The van der Waals surface area contributed by atoms with Crippen molar-refractivity contribution in [2.75, 3.05) is 18.1 Å². The van der Waals surface area contributed by atoms with Gasteiger partial charge in [0, 0.05) is 24.7 Å². The van der Waals surface area contributed by atoms with Crippen LogP contribution in [0, 0.1) is 6.92 Å². The van der Waals surface area contributed by atoms with Gasteiger partial charge in [-0.05, 0) is 13.0 Å². The van der Waals surface area contributed by atoms with Gasteiger partial charge in [-0.25, -0.2) is 0 Å². The topological polar surface area (TPSA) is 50.5 Å². The van der Waals surface area contributed by atoms with E-state index in [1.807, 2.05) is 36.9 Å². The Morgan fingerprint density at radius 3 is 2.95 bits per heavy atom. The molecule has 106 valence electrons. The zero-order valence-corrected chi connectivity index (χ0v) is 11.8. The van der Waals surface area contributed by atoms with E-state index in [4.69, 9.17) is 4.74 Å². The molecule has 1 aliphatic rings. The molecular weight excluding hydrogens is 254 g/mol. The minimum Gasteiger partial charge on any atom is -0.491 e. The molecule has 1 aliphatic heterocycles. The third-order valence-corrected chi connectivity index (χ3v) is 3.72. The van der Waals surface area contributed by atoms with Crippen LogP contribution in [0.5, 0.6) is 5.75 Å². The Morgan fingerprint density at radius 1 is 1.35 bits per heavy atom. The number of aryl methyl sites for hydroxylation is 2. The molecule has 0 amide bonds. The molecule has 20 heavy (non-hydrogen) atoms. The highest BCUT2D eigenvalue weighted by Gasteiger charge is 2.22. The van der Waals surface area contributed by atoms with Crippen molar-refractivity contribution in [1.29, 1.82) is 0 Å². The van der Waals surface area contributed by atoms with Crippen LogP contribution in [0.4, 0.5) is 5.82 Å². The Bertz CT molecular complexity index is 622. The second kappa shape index (κ2) is 5.17. The van der Waals surface area contributed by atoms with Crippen LogP contribution in [0.2, 0.25) is 0 Å². The summed E-state index contributed by atoms with van der Waals surface area (Å²) >= 11 is 0. The molecule has 3 rings (SSSR count). The monoisotopic (exact) mass is 273 g/mol. The van der Waals surface area contributed by atoms with Gasteiger partial charge in [0.1, 0.15) is 18.2 Å². The normalized spacial score (nSPS) is 14.7. The van der Waals surface area contributed by atoms with Crippen LogP contribution in [0.15, 0.2) is 24.3 Å². The number of para-hydroxylation sites is 1. The van der Waals surface area contributed by atoms with Crippen LogP contribution in [0.3, 0.4) is 0 Å². The highest BCUT2D eigenvalue weighted by Crippen LogP contribution is 2.29. The molecule has 5 nitrogen and oxygen atoms in total. The molecule has 2 heterocycles. The largest absolute Gasteiger partial charge is 0.491 e. The summed E-state index contributed by atoms with van der Waals surface area (Å²) in [6.07, 6.45) is 0. The summed E-state index contributed by atoms with van der Waals surface area (Å²) in [6, 6.07) is 8.09. The van der Waals surface area contributed by atoms with E-state index in [1.165, 1.54) is 0 Å². The van der Waals surface area contributed by atoms with Crippen LogP contribution >= 0.6 is 0 Å². The number of anilines is 1. The maximum absolute atomic E-state index is 9.60. The van der Waals surface area contributed by atoms with Crippen LogP contribution in [-0.4, -0.2) is 28.0 Å². The molecule has 0 aliphatic carbocycles. The molecule has 0 saturated carbocycles. The summed E-state index contributed by atoms with van der Waals surface area (Å²) in [5.74, 6) is 1.92. The zero-order chi connectivity index (χ0) is 14.1. The summed E-state index contributed by atoms with van der Waals surface area (Å²) in [7, 11) is 1.92. The van der Waals surface area contributed by atoms with Gasteiger partial charge in [-0.1, -0.05) is 18.2 Å². The SMILES string of the molecule is Cc1nn(C)c(N2CCOc3ccccc3C2)c1CO. The molecule has 0 atom stereocenters. The summed E-state index contributed by atoms with van der Waals surface area (Å²) in [6.45, 7) is 4.11. The number of aliphatic hydroxyl groups is 1. The minimum absolute atomic E-state index is 0.00795. The van der Waals surface area contributed by atoms with E-state index in [0.717, 1.165) is 41.5 Å². The molecule has 0 spiro atoms. The lowest BCUT2D eigenvalue weighted by molar-refractivity contribution is 0.281. The van der Waals surface area contributed by atoms with Crippen molar-refractivity contribution in [2.24, 2.45) is 7.05 Å². The molecule has 0 fully saturated rings. The predicted octanol–water partition coefficient (Wildman–Crippen LogP) is 1.62. The van der Waals surface area contributed by atoms with Crippen molar-refractivity contribution in [2.45, 2.75) is 20.1 Å². The minimum atomic E-state index is 0.00795. The van der Waals surface area contributed by atoms with E-state index in [0.29, 0.717) is 6.61 Å². The number of aliphatic hydroxyl groups excluding tert-OH is 1. The standard InChI is InChI=1S/C15H19N3O2/c1-11-13(10-19)15(17(2)16-11)18-7-8-20-14-6-4-3-5-12(14)9-18/h3-6,19H,7-10H2,1-2H3. The van der Waals surface area contributed by atoms with Crippen LogP contribution in [0.25, 0.3) is 0 Å². The van der Waals surface area contributed by atoms with Crippen molar-refractivity contribution in [1.82, 2.24) is 9.78 Å². The van der Waals surface area contributed by atoms with E-state index in [2.05, 4.69) is 16.1 Å². The Kier molecular flexibility index (Phi) is 3.36. The number of hydrogen-bond acceptors (Lipinski definition) is 4. The summed E-state index contributed by atoms with van der Waals surface area (Å²) < 4.78 is 7.63. The third kappa shape index (κ3) is 2.14. The van der Waals surface area contributed by atoms with Gasteiger partial charge < -0.3 is 14.7 Å². The van der Waals surface area contributed by atoms with Gasteiger partial charge >= 0.3 is 0 Å².